The number of benzene rings is 1. The van der Waals surface area contributed by atoms with E-state index in [1.165, 1.54) is 25.3 Å². The van der Waals surface area contributed by atoms with E-state index in [2.05, 4.69) is 26.1 Å². The van der Waals surface area contributed by atoms with Crippen molar-refractivity contribution in [3.63, 3.8) is 0 Å². The maximum absolute atomic E-state index is 13.2. The second-order valence-electron chi connectivity index (χ2n) is 6.88. The molecule has 1 aromatic carbocycles. The highest BCUT2D eigenvalue weighted by atomic mass is 35.5. The van der Waals surface area contributed by atoms with Crippen LogP contribution in [0.1, 0.15) is 45.6 Å². The summed E-state index contributed by atoms with van der Waals surface area (Å²) >= 11 is 5.86. The molecule has 0 unspecified atom stereocenters. The Hall–Kier alpha value is -0.600. The third kappa shape index (κ3) is 3.93. The minimum atomic E-state index is -0.333. The molecule has 19 heavy (non-hydrogen) atoms. The van der Waals surface area contributed by atoms with Gasteiger partial charge in [-0.2, -0.15) is 0 Å². The first-order valence-electron chi connectivity index (χ1n) is 6.99. The van der Waals surface area contributed by atoms with E-state index in [-0.39, 0.29) is 16.4 Å². The molecule has 2 rings (SSSR count). The summed E-state index contributed by atoms with van der Waals surface area (Å²) in [5, 5.41) is 3.84. The SMILES string of the molecule is CC(C)(C)NCC1(Cc2ccc(F)c(Cl)c2)CCC1. The smallest absolute Gasteiger partial charge is 0.141 e. The van der Waals surface area contributed by atoms with Crippen LogP contribution in [-0.2, 0) is 6.42 Å². The highest BCUT2D eigenvalue weighted by molar-refractivity contribution is 6.30. The van der Waals surface area contributed by atoms with E-state index in [0.29, 0.717) is 5.41 Å². The van der Waals surface area contributed by atoms with Gasteiger partial charge < -0.3 is 5.32 Å². The van der Waals surface area contributed by atoms with Crippen molar-refractivity contribution in [1.82, 2.24) is 5.32 Å². The van der Waals surface area contributed by atoms with E-state index in [0.717, 1.165) is 18.5 Å². The van der Waals surface area contributed by atoms with Crippen molar-refractivity contribution in [3.8, 4) is 0 Å². The van der Waals surface area contributed by atoms with E-state index < -0.39 is 0 Å². The Bertz CT molecular complexity index is 447. The second kappa shape index (κ2) is 5.41. The number of halogens is 2. The molecule has 0 spiro atoms. The Labute approximate surface area is 120 Å². The van der Waals surface area contributed by atoms with Crippen LogP contribution >= 0.6 is 11.6 Å². The summed E-state index contributed by atoms with van der Waals surface area (Å²) in [4.78, 5) is 0. The lowest BCUT2D eigenvalue weighted by Crippen LogP contribution is -2.47. The largest absolute Gasteiger partial charge is 0.312 e. The summed E-state index contributed by atoms with van der Waals surface area (Å²) in [6.07, 6.45) is 4.76. The van der Waals surface area contributed by atoms with E-state index in [4.69, 9.17) is 11.6 Å². The maximum atomic E-state index is 13.2. The van der Waals surface area contributed by atoms with Crippen LogP contribution in [-0.4, -0.2) is 12.1 Å². The normalized spacial score (nSPS) is 18.2. The third-order valence-electron chi connectivity index (χ3n) is 3.97. The average Bonchev–Trinajstić information content (AvgIpc) is 2.25. The summed E-state index contributed by atoms with van der Waals surface area (Å²) in [5.41, 5.74) is 1.61. The quantitative estimate of drug-likeness (QED) is 0.853. The standard InChI is InChI=1S/C16H23ClFN/c1-15(2,3)19-11-16(7-4-8-16)10-12-5-6-14(18)13(17)9-12/h5-6,9,19H,4,7-8,10-11H2,1-3H3. The van der Waals surface area contributed by atoms with Crippen LogP contribution in [0.2, 0.25) is 5.02 Å². The van der Waals surface area contributed by atoms with Crippen molar-refractivity contribution in [1.29, 1.82) is 0 Å². The second-order valence-corrected chi connectivity index (χ2v) is 7.29. The van der Waals surface area contributed by atoms with E-state index in [1.54, 1.807) is 6.07 Å². The van der Waals surface area contributed by atoms with Gasteiger partial charge in [-0.1, -0.05) is 24.1 Å². The highest BCUT2D eigenvalue weighted by Gasteiger charge is 2.37. The van der Waals surface area contributed by atoms with Crippen molar-refractivity contribution < 1.29 is 4.39 Å². The Morgan fingerprint density at radius 2 is 2.00 bits per heavy atom. The van der Waals surface area contributed by atoms with Gasteiger partial charge in [-0.25, -0.2) is 4.39 Å². The summed E-state index contributed by atoms with van der Waals surface area (Å²) in [6.45, 7) is 7.59. The van der Waals surface area contributed by atoms with Crippen molar-refractivity contribution in [3.05, 3.63) is 34.6 Å². The van der Waals surface area contributed by atoms with Crippen molar-refractivity contribution in [2.24, 2.45) is 5.41 Å². The van der Waals surface area contributed by atoms with Crippen LogP contribution < -0.4 is 5.32 Å². The molecule has 106 valence electrons. The molecular weight excluding hydrogens is 261 g/mol. The molecular formula is C16H23ClFN. The molecule has 1 fully saturated rings. The highest BCUT2D eigenvalue weighted by Crippen LogP contribution is 2.43. The fourth-order valence-corrected chi connectivity index (χ4v) is 2.83. The first-order chi connectivity index (χ1) is 8.80. The van der Waals surface area contributed by atoms with Gasteiger partial charge in [-0.15, -0.1) is 0 Å². The molecule has 1 nitrogen and oxygen atoms in total. The first kappa shape index (κ1) is 14.8. The number of nitrogens with one attached hydrogen (secondary N) is 1. The molecule has 1 aliphatic carbocycles. The van der Waals surface area contributed by atoms with Crippen LogP contribution in [0, 0.1) is 11.2 Å². The van der Waals surface area contributed by atoms with Gasteiger partial charge in [0.25, 0.3) is 0 Å². The zero-order chi connectivity index (χ0) is 14.1. The molecule has 0 aromatic heterocycles. The fraction of sp³-hybridized carbons (Fsp3) is 0.625. The Morgan fingerprint density at radius 1 is 1.32 bits per heavy atom. The number of rotatable bonds is 4. The first-order valence-corrected chi connectivity index (χ1v) is 7.37. The average molecular weight is 284 g/mol. The summed E-state index contributed by atoms with van der Waals surface area (Å²) in [7, 11) is 0. The van der Waals surface area contributed by atoms with Gasteiger partial charge in [0, 0.05) is 12.1 Å². The fourth-order valence-electron chi connectivity index (χ4n) is 2.63. The van der Waals surface area contributed by atoms with Gasteiger partial charge >= 0.3 is 0 Å². The van der Waals surface area contributed by atoms with Crippen LogP contribution in [0.4, 0.5) is 4.39 Å². The lowest BCUT2D eigenvalue weighted by atomic mass is 9.65. The van der Waals surface area contributed by atoms with Gasteiger partial charge in [0.2, 0.25) is 0 Å². The van der Waals surface area contributed by atoms with Crippen molar-refractivity contribution >= 4 is 11.6 Å². The molecule has 1 saturated carbocycles. The topological polar surface area (TPSA) is 12.0 Å². The molecule has 1 N–H and O–H groups in total. The predicted molar refractivity (Wildman–Crippen MR) is 79.2 cm³/mol. The molecule has 0 atom stereocenters. The Kier molecular flexibility index (Phi) is 4.22. The molecule has 0 bridgehead atoms. The number of hydrogen-bond donors (Lipinski definition) is 1. The Balaban J connectivity index is 2.03. The predicted octanol–water partition coefficient (Wildman–Crippen LogP) is 4.58. The summed E-state index contributed by atoms with van der Waals surface area (Å²) in [6, 6.07) is 5.10. The van der Waals surface area contributed by atoms with Crippen molar-refractivity contribution in [2.45, 2.75) is 52.0 Å². The van der Waals surface area contributed by atoms with Gasteiger partial charge in [0.15, 0.2) is 0 Å². The lowest BCUT2D eigenvalue weighted by molar-refractivity contribution is 0.118. The van der Waals surface area contributed by atoms with Gasteiger partial charge in [-0.3, -0.25) is 0 Å². The van der Waals surface area contributed by atoms with Crippen LogP contribution in [0.25, 0.3) is 0 Å². The van der Waals surface area contributed by atoms with E-state index in [9.17, 15) is 4.39 Å². The zero-order valence-electron chi connectivity index (χ0n) is 12.0. The van der Waals surface area contributed by atoms with E-state index in [1.807, 2.05) is 6.07 Å². The molecule has 1 aromatic rings. The van der Waals surface area contributed by atoms with Crippen LogP contribution in [0.5, 0.6) is 0 Å². The van der Waals surface area contributed by atoms with Crippen molar-refractivity contribution in [2.75, 3.05) is 6.54 Å². The molecule has 0 saturated heterocycles. The van der Waals surface area contributed by atoms with E-state index >= 15 is 0 Å². The van der Waals surface area contributed by atoms with Gasteiger partial charge in [0.05, 0.1) is 5.02 Å². The van der Waals surface area contributed by atoms with Gasteiger partial charge in [0.1, 0.15) is 5.82 Å². The zero-order valence-corrected chi connectivity index (χ0v) is 12.8. The molecule has 1 aliphatic rings. The summed E-state index contributed by atoms with van der Waals surface area (Å²) < 4.78 is 13.2. The number of hydrogen-bond acceptors (Lipinski definition) is 1. The van der Waals surface area contributed by atoms with Crippen LogP contribution in [0.3, 0.4) is 0 Å². The molecule has 0 amide bonds. The maximum Gasteiger partial charge on any atom is 0.141 e. The minimum absolute atomic E-state index is 0.142. The van der Waals surface area contributed by atoms with Gasteiger partial charge in [-0.05, 0) is 63.1 Å². The monoisotopic (exact) mass is 283 g/mol. The minimum Gasteiger partial charge on any atom is -0.312 e. The summed E-state index contributed by atoms with van der Waals surface area (Å²) in [5.74, 6) is -0.333. The molecule has 0 heterocycles. The molecule has 0 radical (unpaired) electrons. The molecule has 0 aliphatic heterocycles. The van der Waals surface area contributed by atoms with Crippen LogP contribution in [0.15, 0.2) is 18.2 Å². The Morgan fingerprint density at radius 3 is 2.47 bits per heavy atom. The molecule has 3 heteroatoms. The third-order valence-corrected chi connectivity index (χ3v) is 4.26. The lowest BCUT2D eigenvalue weighted by Gasteiger charge is -2.44.